The molecule has 2 aliphatic heterocycles. The zero-order valence-electron chi connectivity index (χ0n) is 17.8. The summed E-state index contributed by atoms with van der Waals surface area (Å²) in [5, 5.41) is 3.44. The maximum absolute atomic E-state index is 12.9. The predicted octanol–water partition coefficient (Wildman–Crippen LogP) is 4.58. The van der Waals surface area contributed by atoms with Crippen molar-refractivity contribution < 1.29 is 19.0 Å². The van der Waals surface area contributed by atoms with Gasteiger partial charge in [-0.1, -0.05) is 42.1 Å². The molecule has 0 aliphatic carbocycles. The third kappa shape index (κ3) is 4.47. The van der Waals surface area contributed by atoms with Crippen LogP contribution in [0.3, 0.4) is 0 Å². The van der Waals surface area contributed by atoms with Gasteiger partial charge in [0.2, 0.25) is 12.7 Å². The van der Waals surface area contributed by atoms with E-state index in [1.165, 1.54) is 11.8 Å². The quantitative estimate of drug-likeness (QED) is 0.530. The Labute approximate surface area is 191 Å². The topological polar surface area (TPSA) is 74.6 Å². The van der Waals surface area contributed by atoms with E-state index in [-0.39, 0.29) is 24.1 Å². The molecule has 7 nitrogen and oxygen atoms in total. The number of carbonyl (C=O) groups is 1. The number of imidazole rings is 1. The first-order chi connectivity index (χ1) is 15.7. The summed E-state index contributed by atoms with van der Waals surface area (Å²) in [6, 6.07) is 15.6. The van der Waals surface area contributed by atoms with Gasteiger partial charge in [0.1, 0.15) is 0 Å². The molecule has 2 atom stereocenters. The summed E-state index contributed by atoms with van der Waals surface area (Å²) in [5.41, 5.74) is 2.81. The number of hydrogen-bond donors (Lipinski definition) is 1. The molecule has 1 amide bonds. The average Bonchev–Trinajstić information content (AvgIpc) is 3.56. The summed E-state index contributed by atoms with van der Waals surface area (Å²) in [7, 11) is 0. The van der Waals surface area contributed by atoms with Gasteiger partial charge in [-0.15, -0.1) is 0 Å². The number of rotatable bonds is 7. The molecule has 8 heteroatoms. The standard InChI is InChI=1S/C24H25N3O4S/c1-16(23(28)26-18-9-10-21-22(12-18)31-15-30-21)32-24-25-13-20(17-6-3-2-4-7-17)27(24)14-19-8-5-11-29-19/h2-4,6-7,9-10,12-13,16,19H,5,8,11,14-15H2,1H3,(H,26,28)/t16-,19+/m1/s1. The number of anilines is 1. The highest BCUT2D eigenvalue weighted by molar-refractivity contribution is 8.00. The van der Waals surface area contributed by atoms with E-state index in [0.717, 1.165) is 42.4 Å². The molecule has 2 aliphatic rings. The van der Waals surface area contributed by atoms with E-state index in [2.05, 4.69) is 27.0 Å². The minimum Gasteiger partial charge on any atom is -0.454 e. The van der Waals surface area contributed by atoms with Gasteiger partial charge in [0.05, 0.1) is 29.8 Å². The van der Waals surface area contributed by atoms with Crippen LogP contribution < -0.4 is 14.8 Å². The number of fused-ring (bicyclic) bond motifs is 1. The summed E-state index contributed by atoms with van der Waals surface area (Å²) < 4.78 is 18.8. The van der Waals surface area contributed by atoms with Gasteiger partial charge >= 0.3 is 0 Å². The Kier molecular flexibility index (Phi) is 6.05. The van der Waals surface area contributed by atoms with Crippen molar-refractivity contribution in [1.82, 2.24) is 9.55 Å². The van der Waals surface area contributed by atoms with Crippen LogP contribution in [-0.2, 0) is 16.1 Å². The Morgan fingerprint density at radius 1 is 1.22 bits per heavy atom. The highest BCUT2D eigenvalue weighted by atomic mass is 32.2. The third-order valence-corrected chi connectivity index (χ3v) is 6.69. The molecule has 32 heavy (non-hydrogen) atoms. The van der Waals surface area contributed by atoms with Gasteiger partial charge in [0, 0.05) is 18.4 Å². The zero-order valence-corrected chi connectivity index (χ0v) is 18.6. The largest absolute Gasteiger partial charge is 0.454 e. The van der Waals surface area contributed by atoms with E-state index in [1.54, 1.807) is 12.1 Å². The van der Waals surface area contributed by atoms with Crippen molar-refractivity contribution in [2.45, 2.75) is 42.8 Å². The molecule has 5 rings (SSSR count). The van der Waals surface area contributed by atoms with E-state index in [9.17, 15) is 4.79 Å². The lowest BCUT2D eigenvalue weighted by Gasteiger charge is -2.18. The smallest absolute Gasteiger partial charge is 0.237 e. The molecule has 0 unspecified atom stereocenters. The van der Waals surface area contributed by atoms with E-state index < -0.39 is 0 Å². The molecule has 1 N–H and O–H groups in total. The van der Waals surface area contributed by atoms with Crippen LogP contribution in [0.5, 0.6) is 11.5 Å². The summed E-state index contributed by atoms with van der Waals surface area (Å²) in [5.74, 6) is 1.24. The molecule has 1 saturated heterocycles. The Hall–Kier alpha value is -2.97. The number of nitrogens with one attached hydrogen (secondary N) is 1. The van der Waals surface area contributed by atoms with E-state index in [1.807, 2.05) is 37.4 Å². The molecule has 0 radical (unpaired) electrons. The van der Waals surface area contributed by atoms with E-state index in [4.69, 9.17) is 14.2 Å². The SMILES string of the molecule is C[C@@H](Sc1ncc(-c2ccccc2)n1C[C@@H]1CCCO1)C(=O)Nc1ccc2c(c1)OCO2. The fourth-order valence-electron chi connectivity index (χ4n) is 3.89. The fourth-order valence-corrected chi connectivity index (χ4v) is 4.79. The number of amides is 1. The second-order valence-corrected chi connectivity index (χ2v) is 9.16. The molecule has 3 heterocycles. The number of hydrogen-bond acceptors (Lipinski definition) is 6. The van der Waals surface area contributed by atoms with Gasteiger partial charge in [-0.2, -0.15) is 0 Å². The second-order valence-electron chi connectivity index (χ2n) is 7.86. The van der Waals surface area contributed by atoms with Crippen molar-refractivity contribution in [1.29, 1.82) is 0 Å². The van der Waals surface area contributed by atoms with Gasteiger partial charge in [0.15, 0.2) is 16.7 Å². The highest BCUT2D eigenvalue weighted by Gasteiger charge is 2.24. The summed E-state index contributed by atoms with van der Waals surface area (Å²) in [6.07, 6.45) is 4.17. The molecule has 0 spiro atoms. The van der Waals surface area contributed by atoms with Crippen molar-refractivity contribution >= 4 is 23.4 Å². The molecule has 0 saturated carbocycles. The van der Waals surface area contributed by atoms with Crippen molar-refractivity contribution in [3.05, 3.63) is 54.7 Å². The summed E-state index contributed by atoms with van der Waals surface area (Å²) in [4.78, 5) is 17.5. The fraction of sp³-hybridized carbons (Fsp3) is 0.333. The van der Waals surface area contributed by atoms with Gasteiger partial charge in [-0.25, -0.2) is 4.98 Å². The van der Waals surface area contributed by atoms with Crippen molar-refractivity contribution in [2.24, 2.45) is 0 Å². The molecule has 2 aromatic carbocycles. The maximum atomic E-state index is 12.9. The first-order valence-corrected chi connectivity index (χ1v) is 11.6. The van der Waals surface area contributed by atoms with Crippen LogP contribution in [0.4, 0.5) is 5.69 Å². The molecule has 1 fully saturated rings. The molecule has 166 valence electrons. The lowest BCUT2D eigenvalue weighted by Crippen LogP contribution is -2.23. The second kappa shape index (κ2) is 9.26. The Balaban J connectivity index is 1.33. The minimum atomic E-state index is -0.338. The first kappa shape index (κ1) is 20.9. The summed E-state index contributed by atoms with van der Waals surface area (Å²) >= 11 is 1.45. The first-order valence-electron chi connectivity index (χ1n) is 10.8. The molecular weight excluding hydrogens is 426 g/mol. The van der Waals surface area contributed by atoms with E-state index >= 15 is 0 Å². The predicted molar refractivity (Wildman–Crippen MR) is 123 cm³/mol. The number of thioether (sulfide) groups is 1. The van der Waals surface area contributed by atoms with Crippen LogP contribution in [0, 0.1) is 0 Å². The lowest BCUT2D eigenvalue weighted by atomic mass is 10.1. The molecule has 1 aromatic heterocycles. The number of benzene rings is 2. The number of carbonyl (C=O) groups excluding carboxylic acids is 1. The van der Waals surface area contributed by atoms with Crippen LogP contribution in [0.1, 0.15) is 19.8 Å². The lowest BCUT2D eigenvalue weighted by molar-refractivity contribution is -0.115. The Morgan fingerprint density at radius 3 is 2.88 bits per heavy atom. The Morgan fingerprint density at radius 2 is 2.06 bits per heavy atom. The van der Waals surface area contributed by atoms with Gasteiger partial charge < -0.3 is 24.1 Å². The molecule has 0 bridgehead atoms. The highest BCUT2D eigenvalue weighted by Crippen LogP contribution is 2.35. The van der Waals surface area contributed by atoms with E-state index in [0.29, 0.717) is 17.2 Å². The molecular formula is C24H25N3O4S. The van der Waals surface area contributed by atoms with Crippen LogP contribution >= 0.6 is 11.8 Å². The minimum absolute atomic E-state index is 0.0956. The van der Waals surface area contributed by atoms with Crippen LogP contribution in [0.15, 0.2) is 59.9 Å². The van der Waals surface area contributed by atoms with Crippen LogP contribution in [0.25, 0.3) is 11.3 Å². The average molecular weight is 452 g/mol. The van der Waals surface area contributed by atoms with Gasteiger partial charge in [0.25, 0.3) is 0 Å². The van der Waals surface area contributed by atoms with Gasteiger partial charge in [-0.3, -0.25) is 4.79 Å². The third-order valence-electron chi connectivity index (χ3n) is 5.59. The monoisotopic (exact) mass is 451 g/mol. The number of ether oxygens (including phenoxy) is 3. The maximum Gasteiger partial charge on any atom is 0.237 e. The van der Waals surface area contributed by atoms with Crippen molar-refractivity contribution in [2.75, 3.05) is 18.7 Å². The molecule has 3 aromatic rings. The van der Waals surface area contributed by atoms with Crippen LogP contribution in [0.2, 0.25) is 0 Å². The van der Waals surface area contributed by atoms with Crippen LogP contribution in [-0.4, -0.2) is 40.2 Å². The zero-order chi connectivity index (χ0) is 21.9. The number of nitrogens with zero attached hydrogens (tertiary/aromatic N) is 2. The Bertz CT molecular complexity index is 1100. The summed E-state index contributed by atoms with van der Waals surface area (Å²) in [6.45, 7) is 3.62. The van der Waals surface area contributed by atoms with Crippen molar-refractivity contribution in [3.8, 4) is 22.8 Å². The number of aromatic nitrogens is 2. The van der Waals surface area contributed by atoms with Crippen molar-refractivity contribution in [3.63, 3.8) is 0 Å². The normalized spacial score (nSPS) is 18.0. The van der Waals surface area contributed by atoms with Gasteiger partial charge in [-0.05, 0) is 37.5 Å².